The molecule has 2 saturated carbocycles. The first-order valence-electron chi connectivity index (χ1n) is 15.0. The molecule has 0 aromatic carbocycles. The maximum absolute atomic E-state index is 15.2. The number of hydrogen-bond donors (Lipinski definition) is 0. The van der Waals surface area contributed by atoms with Gasteiger partial charge in [-0.25, -0.2) is 0 Å². The van der Waals surface area contributed by atoms with Crippen molar-refractivity contribution >= 4 is 13.6 Å². The van der Waals surface area contributed by atoms with E-state index in [0.29, 0.717) is 29.2 Å². The molecule has 0 bridgehead atoms. The minimum Gasteiger partial charge on any atom is -0.444 e. The van der Waals surface area contributed by atoms with Gasteiger partial charge in [-0.15, -0.1) is 0 Å². The summed E-state index contributed by atoms with van der Waals surface area (Å²) in [6.45, 7) is 17.3. The van der Waals surface area contributed by atoms with Crippen LogP contribution < -0.4 is 0 Å². The highest BCUT2D eigenvalue weighted by Gasteiger charge is 2.48. The van der Waals surface area contributed by atoms with Crippen molar-refractivity contribution < 1.29 is 23.1 Å². The minimum atomic E-state index is -3.96. The summed E-state index contributed by atoms with van der Waals surface area (Å²) in [7, 11) is -3.96. The molecule has 216 valence electrons. The molecule has 0 saturated heterocycles. The van der Waals surface area contributed by atoms with Gasteiger partial charge in [0.15, 0.2) is 0 Å². The quantitative estimate of drug-likeness (QED) is 0.203. The van der Waals surface area contributed by atoms with Gasteiger partial charge >= 0.3 is 13.6 Å². The fourth-order valence-corrected chi connectivity index (χ4v) is 8.36. The third kappa shape index (κ3) is 8.38. The number of esters is 1. The maximum Gasteiger partial charge on any atom is 0.376 e. The summed E-state index contributed by atoms with van der Waals surface area (Å²) in [5.74, 6) is 1.14. The van der Waals surface area contributed by atoms with E-state index in [1.54, 1.807) is 18.5 Å². The smallest absolute Gasteiger partial charge is 0.376 e. The van der Waals surface area contributed by atoms with Gasteiger partial charge in [0.05, 0.1) is 12.2 Å². The summed E-state index contributed by atoms with van der Waals surface area (Å²) >= 11 is 0. The molecule has 0 N–H and O–H groups in total. The molecular formula is C31H52NO5P. The van der Waals surface area contributed by atoms with Crippen molar-refractivity contribution in [3.05, 3.63) is 30.1 Å². The van der Waals surface area contributed by atoms with Crippen LogP contribution in [0.15, 0.2) is 24.5 Å². The lowest BCUT2D eigenvalue weighted by Gasteiger charge is -2.42. The third-order valence-corrected chi connectivity index (χ3v) is 11.0. The molecule has 7 heteroatoms. The lowest BCUT2D eigenvalue weighted by Crippen LogP contribution is -2.35. The number of nitrogens with zero attached hydrogens (tertiary/aromatic N) is 1. The summed E-state index contributed by atoms with van der Waals surface area (Å²) in [5, 5.41) is 0. The summed E-state index contributed by atoms with van der Waals surface area (Å²) in [6.07, 6.45) is 9.09. The second-order valence-corrected chi connectivity index (χ2v) is 15.1. The van der Waals surface area contributed by atoms with Crippen molar-refractivity contribution in [2.24, 2.45) is 41.4 Å². The molecule has 2 aliphatic carbocycles. The number of aromatic nitrogens is 1. The van der Waals surface area contributed by atoms with E-state index in [2.05, 4.69) is 46.5 Å². The Morgan fingerprint density at radius 3 is 1.87 bits per heavy atom. The topological polar surface area (TPSA) is 74.7 Å². The van der Waals surface area contributed by atoms with Gasteiger partial charge in [0.1, 0.15) is 0 Å². The number of ether oxygens (including phenoxy) is 1. The van der Waals surface area contributed by atoms with Crippen LogP contribution in [0.3, 0.4) is 0 Å². The number of rotatable bonds is 11. The molecule has 1 heterocycles. The van der Waals surface area contributed by atoms with Crippen molar-refractivity contribution in [3.8, 4) is 0 Å². The summed E-state index contributed by atoms with van der Waals surface area (Å²) < 4.78 is 34.5. The summed E-state index contributed by atoms with van der Waals surface area (Å²) in [6, 6.07) is 3.58. The zero-order chi connectivity index (χ0) is 28.0. The van der Waals surface area contributed by atoms with E-state index in [-0.39, 0.29) is 36.4 Å². The lowest BCUT2D eigenvalue weighted by atomic mass is 9.76. The second-order valence-electron chi connectivity index (χ2n) is 13.1. The predicted octanol–water partition coefficient (Wildman–Crippen LogP) is 8.82. The standard InChI is InChI=1S/C31H52NO5P/c1-20(2)16-30(33)35-31(27-10-9-15-32-19-27)38(34,36-28-17-25(21(3)4)13-11-23(28)7)37-29-18-26(22(5)6)14-12-24(29)8/h9-10,15,19-26,28-29,31H,11-14,16-18H2,1-8H3/t23-,24+,25-,26-,28-,29-,31+,38?/m1/s1. The number of pyridine rings is 1. The third-order valence-electron chi connectivity index (χ3n) is 8.85. The van der Waals surface area contributed by atoms with Crippen molar-refractivity contribution in [2.45, 2.75) is 118 Å². The molecular weight excluding hydrogens is 497 g/mol. The molecule has 0 spiro atoms. The van der Waals surface area contributed by atoms with Crippen LogP contribution in [0.5, 0.6) is 0 Å². The summed E-state index contributed by atoms with van der Waals surface area (Å²) in [5.41, 5.74) is 0.556. The van der Waals surface area contributed by atoms with Crippen molar-refractivity contribution in [1.82, 2.24) is 4.98 Å². The molecule has 2 fully saturated rings. The van der Waals surface area contributed by atoms with Gasteiger partial charge in [0.25, 0.3) is 0 Å². The Kier molecular flexibility index (Phi) is 11.5. The van der Waals surface area contributed by atoms with Gasteiger partial charge in [-0.2, -0.15) is 0 Å². The van der Waals surface area contributed by atoms with E-state index in [1.807, 2.05) is 19.9 Å². The van der Waals surface area contributed by atoms with Gasteiger partial charge in [-0.3, -0.25) is 14.3 Å². The van der Waals surface area contributed by atoms with Crippen LogP contribution in [0.4, 0.5) is 0 Å². The Labute approximate surface area is 231 Å². The Morgan fingerprint density at radius 2 is 1.45 bits per heavy atom. The Balaban J connectivity index is 2.00. The highest BCUT2D eigenvalue weighted by Crippen LogP contribution is 2.65. The van der Waals surface area contributed by atoms with E-state index in [1.165, 1.54) is 0 Å². The van der Waals surface area contributed by atoms with Crippen LogP contribution in [0.2, 0.25) is 0 Å². The van der Waals surface area contributed by atoms with Gasteiger partial charge < -0.3 is 13.8 Å². The molecule has 6 nitrogen and oxygen atoms in total. The van der Waals surface area contributed by atoms with E-state index in [4.69, 9.17) is 13.8 Å². The average Bonchev–Trinajstić information content (AvgIpc) is 2.85. The van der Waals surface area contributed by atoms with Crippen molar-refractivity contribution in [2.75, 3.05) is 0 Å². The Bertz CT molecular complexity index is 882. The van der Waals surface area contributed by atoms with E-state index >= 15 is 4.57 Å². The molecule has 1 aromatic heterocycles. The van der Waals surface area contributed by atoms with Crippen LogP contribution >= 0.6 is 7.60 Å². The minimum absolute atomic E-state index is 0.119. The highest BCUT2D eigenvalue weighted by atomic mass is 31.2. The number of hydrogen-bond acceptors (Lipinski definition) is 6. The van der Waals surface area contributed by atoms with E-state index in [0.717, 1.165) is 38.5 Å². The van der Waals surface area contributed by atoms with Gasteiger partial charge in [-0.05, 0) is 86.0 Å². The molecule has 3 rings (SSSR count). The molecule has 2 aliphatic rings. The van der Waals surface area contributed by atoms with Crippen LogP contribution in [-0.2, 0) is 23.1 Å². The second kappa shape index (κ2) is 13.9. The molecule has 0 amide bonds. The van der Waals surface area contributed by atoms with Crippen LogP contribution in [-0.4, -0.2) is 23.2 Å². The molecule has 0 aliphatic heterocycles. The highest BCUT2D eigenvalue weighted by molar-refractivity contribution is 7.54. The zero-order valence-electron chi connectivity index (χ0n) is 25.0. The van der Waals surface area contributed by atoms with Crippen molar-refractivity contribution in [1.29, 1.82) is 0 Å². The van der Waals surface area contributed by atoms with Crippen LogP contribution in [0, 0.1) is 41.4 Å². The SMILES string of the molecule is CC(C)CC(=O)O[C@H](c1cccnc1)P(=O)(O[C@@H]1C[C@H](C(C)C)CC[C@H]1C)O[C@@H]1C[C@H](C(C)C)CC[C@@H]1C. The monoisotopic (exact) mass is 549 g/mol. The molecule has 0 radical (unpaired) electrons. The van der Waals surface area contributed by atoms with Crippen LogP contribution in [0.1, 0.15) is 112 Å². The first-order chi connectivity index (χ1) is 17.9. The molecule has 38 heavy (non-hydrogen) atoms. The zero-order valence-corrected chi connectivity index (χ0v) is 25.9. The lowest BCUT2D eigenvalue weighted by molar-refractivity contribution is -0.148. The van der Waals surface area contributed by atoms with Gasteiger partial charge in [-0.1, -0.05) is 61.5 Å². The predicted molar refractivity (Wildman–Crippen MR) is 153 cm³/mol. The van der Waals surface area contributed by atoms with Crippen molar-refractivity contribution in [3.63, 3.8) is 0 Å². The van der Waals surface area contributed by atoms with E-state index in [9.17, 15) is 4.79 Å². The Morgan fingerprint density at radius 1 is 0.921 bits per heavy atom. The molecule has 1 unspecified atom stereocenters. The number of carbonyl (C=O) groups excluding carboxylic acids is 1. The van der Waals surface area contributed by atoms with Crippen LogP contribution in [0.25, 0.3) is 0 Å². The average molecular weight is 550 g/mol. The molecule has 8 atom stereocenters. The number of carbonyl (C=O) groups is 1. The molecule has 1 aromatic rings. The summed E-state index contributed by atoms with van der Waals surface area (Å²) in [4.78, 5) is 17.3. The largest absolute Gasteiger partial charge is 0.444 e. The van der Waals surface area contributed by atoms with Gasteiger partial charge in [0, 0.05) is 24.4 Å². The van der Waals surface area contributed by atoms with Gasteiger partial charge in [0.2, 0.25) is 5.85 Å². The Hall–Kier alpha value is -1.23. The maximum atomic E-state index is 15.2. The fraction of sp³-hybridized carbons (Fsp3) is 0.806. The van der Waals surface area contributed by atoms with E-state index < -0.39 is 19.4 Å². The first-order valence-corrected chi connectivity index (χ1v) is 16.6. The normalized spacial score (nSPS) is 30.8. The fourth-order valence-electron chi connectivity index (χ4n) is 5.98. The first kappa shape index (κ1) is 31.3.